The summed E-state index contributed by atoms with van der Waals surface area (Å²) in [6.45, 7) is 4.22. The second kappa shape index (κ2) is 9.10. The van der Waals surface area contributed by atoms with Crippen LogP contribution in [-0.4, -0.2) is 56.3 Å². The Labute approximate surface area is 192 Å². The van der Waals surface area contributed by atoms with Gasteiger partial charge < -0.3 is 15.4 Å². The van der Waals surface area contributed by atoms with Crippen LogP contribution < -0.4 is 10.6 Å². The van der Waals surface area contributed by atoms with Gasteiger partial charge in [0.2, 0.25) is 0 Å². The van der Waals surface area contributed by atoms with Gasteiger partial charge in [0.15, 0.2) is 5.96 Å². The molecule has 0 amide bonds. The van der Waals surface area contributed by atoms with Crippen LogP contribution in [0.5, 0.6) is 0 Å². The number of rotatable bonds is 5. The highest BCUT2D eigenvalue weighted by Gasteiger charge is 2.66. The van der Waals surface area contributed by atoms with E-state index in [0.717, 1.165) is 19.1 Å². The molecule has 2 heterocycles. The lowest BCUT2D eigenvalue weighted by Crippen LogP contribution is -2.72. The highest BCUT2D eigenvalue weighted by molar-refractivity contribution is 14.0. The molecule has 6 heteroatoms. The van der Waals surface area contributed by atoms with E-state index in [2.05, 4.69) is 50.9 Å². The molecule has 4 fully saturated rings. The molecule has 4 atom stereocenters. The maximum atomic E-state index is 6.07. The van der Waals surface area contributed by atoms with Crippen molar-refractivity contribution in [1.29, 1.82) is 0 Å². The van der Waals surface area contributed by atoms with Crippen molar-refractivity contribution in [2.24, 2.45) is 16.3 Å². The van der Waals surface area contributed by atoms with E-state index >= 15 is 0 Å². The summed E-state index contributed by atoms with van der Waals surface area (Å²) >= 11 is 0. The zero-order chi connectivity index (χ0) is 19.0. The first-order chi connectivity index (χ1) is 13.8. The molecule has 1 aromatic rings. The molecule has 5 nitrogen and oxygen atoms in total. The van der Waals surface area contributed by atoms with E-state index in [1.807, 2.05) is 7.05 Å². The number of guanidine groups is 1. The van der Waals surface area contributed by atoms with Crippen LogP contribution >= 0.6 is 24.0 Å². The summed E-state index contributed by atoms with van der Waals surface area (Å²) in [6, 6.07) is 11.9. The van der Waals surface area contributed by atoms with Crippen LogP contribution in [-0.2, 0) is 4.74 Å². The lowest BCUT2D eigenvalue weighted by Gasteiger charge is -2.63. The Morgan fingerprint density at radius 1 is 1.21 bits per heavy atom. The molecule has 1 spiro atoms. The topological polar surface area (TPSA) is 48.9 Å². The van der Waals surface area contributed by atoms with Gasteiger partial charge in [0, 0.05) is 37.6 Å². The monoisotopic (exact) mass is 510 g/mol. The van der Waals surface area contributed by atoms with E-state index < -0.39 is 0 Å². The number of fused-ring (bicyclic) bond motifs is 2. The van der Waals surface area contributed by atoms with Crippen LogP contribution in [0.1, 0.15) is 50.1 Å². The van der Waals surface area contributed by atoms with Crippen LogP contribution in [0, 0.1) is 11.3 Å². The van der Waals surface area contributed by atoms with Gasteiger partial charge in [-0.25, -0.2) is 0 Å². The van der Waals surface area contributed by atoms with E-state index in [9.17, 15) is 0 Å². The third-order valence-electron chi connectivity index (χ3n) is 7.78. The van der Waals surface area contributed by atoms with Crippen LogP contribution in [0.25, 0.3) is 0 Å². The quantitative estimate of drug-likeness (QED) is 0.362. The molecule has 5 rings (SSSR count). The summed E-state index contributed by atoms with van der Waals surface area (Å²) < 4.78 is 6.07. The van der Waals surface area contributed by atoms with Crippen LogP contribution in [0.2, 0.25) is 0 Å². The van der Waals surface area contributed by atoms with Gasteiger partial charge in [-0.1, -0.05) is 36.8 Å². The van der Waals surface area contributed by atoms with Gasteiger partial charge in [-0.05, 0) is 50.8 Å². The number of benzene rings is 1. The number of hydrogen-bond donors (Lipinski definition) is 2. The second-order valence-corrected chi connectivity index (χ2v) is 9.08. The molecule has 2 saturated heterocycles. The summed E-state index contributed by atoms with van der Waals surface area (Å²) in [5, 5.41) is 7.47. The Balaban J connectivity index is 0.00000205. The Kier molecular flexibility index (Phi) is 6.71. The largest absolute Gasteiger partial charge is 0.377 e. The molecule has 29 heavy (non-hydrogen) atoms. The van der Waals surface area contributed by atoms with Gasteiger partial charge in [-0.15, -0.1) is 24.0 Å². The lowest BCUT2D eigenvalue weighted by molar-refractivity contribution is -0.171. The van der Waals surface area contributed by atoms with Gasteiger partial charge in [-0.3, -0.25) is 9.89 Å². The fourth-order valence-electron chi connectivity index (χ4n) is 6.18. The average Bonchev–Trinajstić information content (AvgIpc) is 3.35. The van der Waals surface area contributed by atoms with E-state index in [-0.39, 0.29) is 24.0 Å². The van der Waals surface area contributed by atoms with Crippen molar-refractivity contribution in [1.82, 2.24) is 15.5 Å². The van der Waals surface area contributed by atoms with E-state index in [1.54, 1.807) is 0 Å². The minimum absolute atomic E-state index is 0. The van der Waals surface area contributed by atoms with Crippen molar-refractivity contribution >= 4 is 29.9 Å². The number of likely N-dealkylation sites (tertiary alicyclic amines) is 1. The van der Waals surface area contributed by atoms with E-state index in [0.29, 0.717) is 29.5 Å². The molecule has 2 aliphatic heterocycles. The average molecular weight is 510 g/mol. The molecule has 4 aliphatic rings. The smallest absolute Gasteiger partial charge is 0.191 e. The fourth-order valence-corrected chi connectivity index (χ4v) is 6.18. The molecule has 0 bridgehead atoms. The van der Waals surface area contributed by atoms with Gasteiger partial charge in [0.1, 0.15) is 0 Å². The van der Waals surface area contributed by atoms with Gasteiger partial charge >= 0.3 is 0 Å². The number of nitrogens with zero attached hydrogens (tertiary/aromatic N) is 2. The number of ether oxygens (including phenoxy) is 1. The van der Waals surface area contributed by atoms with Crippen LogP contribution in [0.4, 0.5) is 0 Å². The summed E-state index contributed by atoms with van der Waals surface area (Å²) in [5.74, 6) is 1.63. The third kappa shape index (κ3) is 3.81. The highest BCUT2D eigenvalue weighted by Crippen LogP contribution is 2.62. The van der Waals surface area contributed by atoms with E-state index in [1.165, 1.54) is 57.2 Å². The Morgan fingerprint density at radius 2 is 1.97 bits per heavy atom. The molecule has 4 unspecified atom stereocenters. The van der Waals surface area contributed by atoms with Gasteiger partial charge in [-0.2, -0.15) is 0 Å². The second-order valence-electron chi connectivity index (χ2n) is 9.08. The van der Waals surface area contributed by atoms with E-state index in [4.69, 9.17) is 4.74 Å². The normalized spacial score (nSPS) is 31.3. The molecule has 160 valence electrons. The van der Waals surface area contributed by atoms with Crippen molar-refractivity contribution in [3.8, 4) is 0 Å². The molecule has 2 saturated carbocycles. The number of halogens is 1. The lowest BCUT2D eigenvalue weighted by atomic mass is 9.46. The zero-order valence-corrected chi connectivity index (χ0v) is 19.8. The minimum Gasteiger partial charge on any atom is -0.377 e. The number of nitrogens with one attached hydrogen (secondary N) is 2. The summed E-state index contributed by atoms with van der Waals surface area (Å²) in [4.78, 5) is 7.19. The number of aliphatic imine (C=N–C) groups is 1. The van der Waals surface area contributed by atoms with Crippen molar-refractivity contribution < 1.29 is 4.74 Å². The van der Waals surface area contributed by atoms with Gasteiger partial charge in [0.05, 0.1) is 12.1 Å². The maximum Gasteiger partial charge on any atom is 0.191 e. The maximum absolute atomic E-state index is 6.07. The first kappa shape index (κ1) is 21.4. The standard InChI is InChI=1S/C23H34N4O.HI/c1-24-22(26-20-18-10-15-28-21(18)23(20)11-7-12-23)25-16-19(27-13-5-6-14-27)17-8-3-2-4-9-17;/h2-4,8-9,18-21H,5-7,10-16H2,1H3,(H2,24,25,26);1H. The van der Waals surface area contributed by atoms with Crippen LogP contribution in [0.15, 0.2) is 35.3 Å². The van der Waals surface area contributed by atoms with Crippen molar-refractivity contribution in [3.05, 3.63) is 35.9 Å². The SMILES string of the molecule is CN=C(NCC(c1ccccc1)N1CCCC1)NC1C2CCOC2C12CCC2.I. The summed E-state index contributed by atoms with van der Waals surface area (Å²) in [7, 11) is 1.90. The number of hydrogen-bond acceptors (Lipinski definition) is 3. The Bertz CT molecular complexity index is 702. The Morgan fingerprint density at radius 3 is 2.62 bits per heavy atom. The third-order valence-corrected chi connectivity index (χ3v) is 7.78. The van der Waals surface area contributed by atoms with Crippen molar-refractivity contribution in [2.45, 2.75) is 56.7 Å². The molecule has 2 N–H and O–H groups in total. The summed E-state index contributed by atoms with van der Waals surface area (Å²) in [6.07, 6.45) is 8.28. The molecular weight excluding hydrogens is 475 g/mol. The molecule has 0 aromatic heterocycles. The van der Waals surface area contributed by atoms with Crippen molar-refractivity contribution in [2.75, 3.05) is 33.3 Å². The zero-order valence-electron chi connectivity index (χ0n) is 17.5. The van der Waals surface area contributed by atoms with Crippen LogP contribution in [0.3, 0.4) is 0 Å². The predicted octanol–water partition coefficient (Wildman–Crippen LogP) is 3.56. The highest BCUT2D eigenvalue weighted by atomic mass is 127. The predicted molar refractivity (Wildman–Crippen MR) is 128 cm³/mol. The van der Waals surface area contributed by atoms with Crippen molar-refractivity contribution in [3.63, 3.8) is 0 Å². The molecule has 0 radical (unpaired) electrons. The first-order valence-corrected chi connectivity index (χ1v) is 11.2. The van der Waals surface area contributed by atoms with Gasteiger partial charge in [0.25, 0.3) is 0 Å². The fraction of sp³-hybridized carbons (Fsp3) is 0.696. The summed E-state index contributed by atoms with van der Waals surface area (Å²) in [5.41, 5.74) is 1.78. The first-order valence-electron chi connectivity index (χ1n) is 11.2. The Hall–Kier alpha value is -0.860. The minimum atomic E-state index is 0. The molecule has 1 aromatic carbocycles. The molecule has 2 aliphatic carbocycles. The molecular formula is C23H35IN4O.